The Morgan fingerprint density at radius 3 is 2.37 bits per heavy atom. The van der Waals surface area contributed by atoms with Crippen molar-refractivity contribution in [2.45, 2.75) is 57.8 Å². The molecule has 0 spiro atoms. The molecule has 0 radical (unpaired) electrons. The van der Waals surface area contributed by atoms with Crippen LogP contribution < -0.4 is 15.2 Å². The standard InChI is InChI=1S/C30H35N3O5/c1-19(34)18-38-26-11-10-22(14-27(26)37-5)25(35)12-13-30(4,36)28-16-23(29(2,3)32)15-24(33-28)21-8-6-20(17-31)7-9-21/h6-11,14-16,19,34,36H,12-13,18,32H2,1-5H3/t19-,30-/m1/s1. The molecule has 2 atom stereocenters. The van der Waals surface area contributed by atoms with Crippen LogP contribution in [0.4, 0.5) is 0 Å². The quantitative estimate of drug-likeness (QED) is 0.317. The number of nitrogens with two attached hydrogens (primary N) is 1. The molecule has 0 saturated heterocycles. The van der Waals surface area contributed by atoms with Gasteiger partial charge in [-0.15, -0.1) is 0 Å². The maximum Gasteiger partial charge on any atom is 0.163 e. The van der Waals surface area contributed by atoms with Gasteiger partial charge in [0.2, 0.25) is 0 Å². The summed E-state index contributed by atoms with van der Waals surface area (Å²) in [4.78, 5) is 17.7. The SMILES string of the molecule is COc1cc(C(=O)CC[C@@](C)(O)c2cc(C(C)(C)N)cc(-c3ccc(C#N)cc3)n2)ccc1OC[C@@H](C)O. The number of ether oxygens (including phenoxy) is 2. The Labute approximate surface area is 223 Å². The number of nitrogens with zero attached hydrogens (tertiary/aromatic N) is 2. The van der Waals surface area contributed by atoms with E-state index in [4.69, 9.17) is 25.5 Å². The topological polar surface area (TPSA) is 139 Å². The molecule has 8 heteroatoms. The molecule has 8 nitrogen and oxygen atoms in total. The molecule has 0 fully saturated rings. The summed E-state index contributed by atoms with van der Waals surface area (Å²) in [5.74, 6) is 0.640. The molecule has 0 aliphatic heterocycles. The third-order valence-electron chi connectivity index (χ3n) is 6.24. The lowest BCUT2D eigenvalue weighted by molar-refractivity contribution is 0.0396. The second-order valence-corrected chi connectivity index (χ2v) is 10.3. The number of hydrogen-bond acceptors (Lipinski definition) is 8. The normalized spacial score (nSPS) is 13.8. The van der Waals surface area contributed by atoms with Crippen LogP contribution in [-0.4, -0.2) is 40.8 Å². The fraction of sp³-hybridized carbons (Fsp3) is 0.367. The number of aliphatic hydroxyl groups excluding tert-OH is 1. The zero-order chi connectivity index (χ0) is 28.1. The number of aromatic nitrogens is 1. The number of pyridine rings is 1. The zero-order valence-corrected chi connectivity index (χ0v) is 22.5. The van der Waals surface area contributed by atoms with Gasteiger partial charge in [-0.05, 0) is 82.1 Å². The molecule has 1 aromatic heterocycles. The second kappa shape index (κ2) is 11.7. The Balaban J connectivity index is 1.85. The zero-order valence-electron chi connectivity index (χ0n) is 22.5. The first kappa shape index (κ1) is 28.8. The molecule has 3 rings (SSSR count). The van der Waals surface area contributed by atoms with Gasteiger partial charge in [0.25, 0.3) is 0 Å². The predicted molar refractivity (Wildman–Crippen MR) is 145 cm³/mol. The van der Waals surface area contributed by atoms with Gasteiger partial charge in [-0.3, -0.25) is 4.79 Å². The van der Waals surface area contributed by atoms with E-state index in [1.54, 1.807) is 62.4 Å². The van der Waals surface area contributed by atoms with Crippen molar-refractivity contribution < 1.29 is 24.5 Å². The van der Waals surface area contributed by atoms with Crippen molar-refractivity contribution in [3.63, 3.8) is 0 Å². The lowest BCUT2D eigenvalue weighted by atomic mass is 9.88. The number of methoxy groups -OCH3 is 1. The number of Topliss-reactive ketones (excluding diaryl/α,β-unsaturated/α-hetero) is 1. The number of ketones is 1. The fourth-order valence-electron chi connectivity index (χ4n) is 3.84. The summed E-state index contributed by atoms with van der Waals surface area (Å²) < 4.78 is 10.9. The Morgan fingerprint density at radius 2 is 1.79 bits per heavy atom. The molecule has 2 aromatic carbocycles. The van der Waals surface area contributed by atoms with Gasteiger partial charge in [0.1, 0.15) is 12.2 Å². The summed E-state index contributed by atoms with van der Waals surface area (Å²) in [6, 6.07) is 17.6. The first-order valence-electron chi connectivity index (χ1n) is 12.4. The summed E-state index contributed by atoms with van der Waals surface area (Å²) in [5.41, 5.74) is 7.83. The van der Waals surface area contributed by atoms with Crippen LogP contribution in [0.5, 0.6) is 11.5 Å². The number of carbonyl (C=O) groups is 1. The lowest BCUT2D eigenvalue weighted by Crippen LogP contribution is -2.31. The largest absolute Gasteiger partial charge is 0.493 e. The molecule has 3 aromatic rings. The van der Waals surface area contributed by atoms with Crippen molar-refractivity contribution >= 4 is 5.78 Å². The molecule has 0 aliphatic carbocycles. The Morgan fingerprint density at radius 1 is 1.11 bits per heavy atom. The van der Waals surface area contributed by atoms with Crippen molar-refractivity contribution in [3.05, 3.63) is 77.0 Å². The first-order valence-corrected chi connectivity index (χ1v) is 12.4. The van der Waals surface area contributed by atoms with Crippen LogP contribution in [0, 0.1) is 11.3 Å². The van der Waals surface area contributed by atoms with Gasteiger partial charge < -0.3 is 25.4 Å². The molecular formula is C30H35N3O5. The highest BCUT2D eigenvalue weighted by atomic mass is 16.5. The minimum absolute atomic E-state index is 0.0636. The second-order valence-electron chi connectivity index (χ2n) is 10.3. The monoisotopic (exact) mass is 517 g/mol. The summed E-state index contributed by atoms with van der Waals surface area (Å²) in [6.07, 6.45) is -0.450. The summed E-state index contributed by atoms with van der Waals surface area (Å²) >= 11 is 0. The van der Waals surface area contributed by atoms with Crippen molar-refractivity contribution in [2.24, 2.45) is 5.73 Å². The van der Waals surface area contributed by atoms with Crippen LogP contribution in [0.2, 0.25) is 0 Å². The smallest absolute Gasteiger partial charge is 0.163 e. The molecular weight excluding hydrogens is 482 g/mol. The molecule has 1 heterocycles. The van der Waals surface area contributed by atoms with Gasteiger partial charge >= 0.3 is 0 Å². The van der Waals surface area contributed by atoms with Crippen molar-refractivity contribution in [1.29, 1.82) is 5.26 Å². The van der Waals surface area contributed by atoms with Gasteiger partial charge in [-0.2, -0.15) is 5.26 Å². The van der Waals surface area contributed by atoms with E-state index in [-0.39, 0.29) is 25.2 Å². The van der Waals surface area contributed by atoms with E-state index in [1.807, 2.05) is 19.9 Å². The minimum atomic E-state index is -1.41. The summed E-state index contributed by atoms with van der Waals surface area (Å²) in [6.45, 7) is 7.08. The highest BCUT2D eigenvalue weighted by Gasteiger charge is 2.29. The van der Waals surface area contributed by atoms with Gasteiger partial charge in [0, 0.05) is 23.1 Å². The van der Waals surface area contributed by atoms with Gasteiger partial charge in [-0.25, -0.2) is 4.98 Å². The maximum atomic E-state index is 13.0. The van der Waals surface area contributed by atoms with E-state index >= 15 is 0 Å². The van der Waals surface area contributed by atoms with Crippen LogP contribution in [0.25, 0.3) is 11.3 Å². The molecule has 0 bridgehead atoms. The number of rotatable bonds is 11. The Kier molecular flexibility index (Phi) is 8.89. The van der Waals surface area contributed by atoms with Crippen molar-refractivity contribution in [2.75, 3.05) is 13.7 Å². The first-order chi connectivity index (χ1) is 17.8. The van der Waals surface area contributed by atoms with E-state index in [0.717, 1.165) is 11.1 Å². The molecule has 0 aliphatic rings. The number of aliphatic hydroxyl groups is 2. The average molecular weight is 518 g/mol. The van der Waals surface area contributed by atoms with Crippen LogP contribution in [0.15, 0.2) is 54.6 Å². The third kappa shape index (κ3) is 7.17. The number of carbonyl (C=O) groups excluding carboxylic acids is 1. The molecule has 0 unspecified atom stereocenters. The predicted octanol–water partition coefficient (Wildman–Crippen LogP) is 4.45. The Hall–Kier alpha value is -3.77. The van der Waals surface area contributed by atoms with Gasteiger partial charge in [-0.1, -0.05) is 12.1 Å². The highest BCUT2D eigenvalue weighted by Crippen LogP contribution is 2.33. The van der Waals surface area contributed by atoms with E-state index in [2.05, 4.69) is 6.07 Å². The summed E-state index contributed by atoms with van der Waals surface area (Å²) in [7, 11) is 1.48. The van der Waals surface area contributed by atoms with Crippen molar-refractivity contribution in [1.82, 2.24) is 4.98 Å². The third-order valence-corrected chi connectivity index (χ3v) is 6.24. The fourth-order valence-corrected chi connectivity index (χ4v) is 3.84. The molecule has 38 heavy (non-hydrogen) atoms. The maximum absolute atomic E-state index is 13.0. The Bertz CT molecular complexity index is 1320. The van der Waals surface area contributed by atoms with Crippen LogP contribution in [0.3, 0.4) is 0 Å². The molecule has 4 N–H and O–H groups in total. The van der Waals surface area contributed by atoms with E-state index in [1.165, 1.54) is 7.11 Å². The number of nitriles is 1. The van der Waals surface area contributed by atoms with E-state index < -0.39 is 17.2 Å². The van der Waals surface area contributed by atoms with Crippen LogP contribution in [0.1, 0.15) is 67.7 Å². The van der Waals surface area contributed by atoms with E-state index in [0.29, 0.717) is 34.0 Å². The summed E-state index contributed by atoms with van der Waals surface area (Å²) in [5, 5.41) is 30.0. The molecule has 0 amide bonds. The highest BCUT2D eigenvalue weighted by molar-refractivity contribution is 5.96. The van der Waals surface area contributed by atoms with Crippen LogP contribution >= 0.6 is 0 Å². The van der Waals surface area contributed by atoms with E-state index in [9.17, 15) is 15.0 Å². The minimum Gasteiger partial charge on any atom is -0.493 e. The molecule has 200 valence electrons. The molecule has 0 saturated carbocycles. The lowest BCUT2D eigenvalue weighted by Gasteiger charge is -2.27. The number of benzene rings is 2. The van der Waals surface area contributed by atoms with Gasteiger partial charge in [0.15, 0.2) is 17.3 Å². The van der Waals surface area contributed by atoms with Crippen LogP contribution in [-0.2, 0) is 11.1 Å². The van der Waals surface area contributed by atoms with Gasteiger partial charge in [0.05, 0.1) is 36.2 Å². The van der Waals surface area contributed by atoms with Crippen molar-refractivity contribution in [3.8, 4) is 28.8 Å². The average Bonchev–Trinajstić information content (AvgIpc) is 2.89. The number of hydrogen-bond donors (Lipinski definition) is 3.